The van der Waals surface area contributed by atoms with Gasteiger partial charge < -0.3 is 5.11 Å². The standard InChI is InChI=1S/C23H22O3/c1-14-6-8-15(9-7-14)16-10-12-17(13-11-16)20-21(24)18-4-2-3-5-19(18)22(25)23(20)26/h2-9,16-17,26H,10-13H2,1H3. The molecule has 1 fully saturated rings. The first-order valence-electron chi connectivity index (χ1n) is 9.24. The molecule has 0 aromatic heterocycles. The van der Waals surface area contributed by atoms with Crippen LogP contribution in [-0.4, -0.2) is 16.7 Å². The number of benzene rings is 2. The molecule has 0 heterocycles. The zero-order valence-corrected chi connectivity index (χ0v) is 14.9. The molecule has 0 unspecified atom stereocenters. The number of carbonyl (C=O) groups is 2. The maximum atomic E-state index is 12.9. The average molecular weight is 346 g/mol. The van der Waals surface area contributed by atoms with Crippen LogP contribution in [0, 0.1) is 12.8 Å². The van der Waals surface area contributed by atoms with E-state index in [1.165, 1.54) is 11.1 Å². The fraction of sp³-hybridized carbons (Fsp3) is 0.304. The number of hydrogen-bond acceptors (Lipinski definition) is 3. The fourth-order valence-corrected chi connectivity index (χ4v) is 4.31. The Kier molecular flexibility index (Phi) is 4.23. The lowest BCUT2D eigenvalue weighted by atomic mass is 9.72. The minimum atomic E-state index is -0.421. The Hall–Kier alpha value is -2.68. The van der Waals surface area contributed by atoms with Gasteiger partial charge in [0, 0.05) is 16.7 Å². The van der Waals surface area contributed by atoms with Gasteiger partial charge in [0.05, 0.1) is 0 Å². The number of fused-ring (bicyclic) bond motifs is 1. The Morgan fingerprint density at radius 3 is 1.92 bits per heavy atom. The Morgan fingerprint density at radius 1 is 0.769 bits per heavy atom. The zero-order chi connectivity index (χ0) is 18.3. The molecule has 0 bridgehead atoms. The highest BCUT2D eigenvalue weighted by Gasteiger charge is 2.37. The van der Waals surface area contributed by atoms with E-state index in [9.17, 15) is 14.7 Å². The molecule has 0 amide bonds. The molecule has 2 aliphatic carbocycles. The van der Waals surface area contributed by atoms with Crippen LogP contribution in [0.25, 0.3) is 0 Å². The van der Waals surface area contributed by atoms with Crippen LogP contribution in [0.1, 0.15) is 63.4 Å². The van der Waals surface area contributed by atoms with Crippen molar-refractivity contribution in [3.8, 4) is 0 Å². The number of allylic oxidation sites excluding steroid dienone is 2. The number of hydrogen-bond donors (Lipinski definition) is 1. The van der Waals surface area contributed by atoms with Gasteiger partial charge in [-0.3, -0.25) is 9.59 Å². The fourth-order valence-electron chi connectivity index (χ4n) is 4.31. The summed E-state index contributed by atoms with van der Waals surface area (Å²) in [6.45, 7) is 2.08. The number of carbonyl (C=O) groups excluding carboxylic acids is 2. The van der Waals surface area contributed by atoms with Gasteiger partial charge in [-0.2, -0.15) is 0 Å². The SMILES string of the molecule is Cc1ccc(C2CCC(C3=C(O)C(=O)c4ccccc4C3=O)CC2)cc1. The van der Waals surface area contributed by atoms with Crippen molar-refractivity contribution in [2.24, 2.45) is 5.92 Å². The summed E-state index contributed by atoms with van der Waals surface area (Å²) in [4.78, 5) is 25.4. The van der Waals surface area contributed by atoms with E-state index in [4.69, 9.17) is 0 Å². The molecular weight excluding hydrogens is 324 g/mol. The predicted molar refractivity (Wildman–Crippen MR) is 101 cm³/mol. The zero-order valence-electron chi connectivity index (χ0n) is 14.9. The number of rotatable bonds is 2. The molecular formula is C23H22O3. The lowest BCUT2D eigenvalue weighted by Gasteiger charge is -2.31. The maximum absolute atomic E-state index is 12.9. The number of aliphatic hydroxyl groups excluding tert-OH is 1. The third-order valence-corrected chi connectivity index (χ3v) is 5.82. The molecule has 4 rings (SSSR count). The van der Waals surface area contributed by atoms with E-state index in [0.29, 0.717) is 22.6 Å². The van der Waals surface area contributed by atoms with Gasteiger partial charge in [0.15, 0.2) is 11.5 Å². The molecule has 0 atom stereocenters. The largest absolute Gasteiger partial charge is 0.504 e. The average Bonchev–Trinajstić information content (AvgIpc) is 2.68. The Morgan fingerprint density at radius 2 is 1.31 bits per heavy atom. The van der Waals surface area contributed by atoms with Crippen LogP contribution in [0.4, 0.5) is 0 Å². The molecule has 3 heteroatoms. The first kappa shape index (κ1) is 16.8. The van der Waals surface area contributed by atoms with Crippen LogP contribution < -0.4 is 0 Å². The smallest absolute Gasteiger partial charge is 0.228 e. The molecule has 0 saturated heterocycles. The topological polar surface area (TPSA) is 54.4 Å². The molecule has 1 N–H and O–H groups in total. The van der Waals surface area contributed by atoms with Crippen molar-refractivity contribution in [2.75, 3.05) is 0 Å². The van der Waals surface area contributed by atoms with Crippen LogP contribution in [0.2, 0.25) is 0 Å². The van der Waals surface area contributed by atoms with Crippen molar-refractivity contribution in [2.45, 2.75) is 38.5 Å². The van der Waals surface area contributed by atoms with Gasteiger partial charge >= 0.3 is 0 Å². The molecule has 2 aliphatic rings. The number of aryl methyl sites for hydroxylation is 1. The van der Waals surface area contributed by atoms with E-state index in [0.717, 1.165) is 25.7 Å². The van der Waals surface area contributed by atoms with E-state index in [1.807, 2.05) is 0 Å². The molecule has 0 spiro atoms. The van der Waals surface area contributed by atoms with Gasteiger partial charge in [-0.05, 0) is 50.0 Å². The molecule has 1 saturated carbocycles. The van der Waals surface area contributed by atoms with Gasteiger partial charge in [-0.1, -0.05) is 54.1 Å². The highest BCUT2D eigenvalue weighted by Crippen LogP contribution is 2.41. The molecule has 0 aliphatic heterocycles. The minimum Gasteiger partial charge on any atom is -0.504 e. The Labute approximate surface area is 153 Å². The number of aliphatic hydroxyl groups is 1. The van der Waals surface area contributed by atoms with Gasteiger partial charge in [0.25, 0.3) is 0 Å². The molecule has 2 aromatic rings. The van der Waals surface area contributed by atoms with Gasteiger partial charge in [0.1, 0.15) is 0 Å². The van der Waals surface area contributed by atoms with E-state index in [-0.39, 0.29) is 17.5 Å². The van der Waals surface area contributed by atoms with Crippen molar-refractivity contribution >= 4 is 11.6 Å². The highest BCUT2D eigenvalue weighted by molar-refractivity contribution is 6.26. The molecule has 0 radical (unpaired) electrons. The van der Waals surface area contributed by atoms with Crippen molar-refractivity contribution < 1.29 is 14.7 Å². The first-order chi connectivity index (χ1) is 12.6. The van der Waals surface area contributed by atoms with Crippen LogP contribution in [0.15, 0.2) is 59.9 Å². The van der Waals surface area contributed by atoms with E-state index < -0.39 is 5.78 Å². The van der Waals surface area contributed by atoms with Crippen LogP contribution in [0.3, 0.4) is 0 Å². The monoisotopic (exact) mass is 346 g/mol. The second-order valence-electron chi connectivity index (χ2n) is 7.43. The third-order valence-electron chi connectivity index (χ3n) is 5.82. The summed E-state index contributed by atoms with van der Waals surface area (Å²) in [7, 11) is 0. The van der Waals surface area contributed by atoms with Crippen LogP contribution in [0.5, 0.6) is 0 Å². The van der Waals surface area contributed by atoms with Gasteiger partial charge in [-0.25, -0.2) is 0 Å². The lowest BCUT2D eigenvalue weighted by Crippen LogP contribution is -2.28. The normalized spacial score (nSPS) is 23.1. The summed E-state index contributed by atoms with van der Waals surface area (Å²) < 4.78 is 0. The lowest BCUT2D eigenvalue weighted by molar-refractivity contribution is 0.0914. The van der Waals surface area contributed by atoms with Gasteiger partial charge in [-0.15, -0.1) is 0 Å². The minimum absolute atomic E-state index is 0.0403. The molecule has 3 nitrogen and oxygen atoms in total. The summed E-state index contributed by atoms with van der Waals surface area (Å²) in [6, 6.07) is 15.4. The summed E-state index contributed by atoms with van der Waals surface area (Å²) >= 11 is 0. The summed E-state index contributed by atoms with van der Waals surface area (Å²) in [5, 5.41) is 10.4. The maximum Gasteiger partial charge on any atom is 0.228 e. The van der Waals surface area contributed by atoms with E-state index in [2.05, 4.69) is 31.2 Å². The molecule has 132 valence electrons. The molecule has 26 heavy (non-hydrogen) atoms. The van der Waals surface area contributed by atoms with Crippen molar-refractivity contribution in [3.05, 3.63) is 82.1 Å². The quantitative estimate of drug-likeness (QED) is 0.817. The van der Waals surface area contributed by atoms with Crippen molar-refractivity contribution in [1.29, 1.82) is 0 Å². The van der Waals surface area contributed by atoms with E-state index in [1.54, 1.807) is 24.3 Å². The number of Topliss-reactive ketones (excluding diaryl/α,β-unsaturated/α-hetero) is 2. The van der Waals surface area contributed by atoms with E-state index >= 15 is 0 Å². The molecule has 2 aromatic carbocycles. The van der Waals surface area contributed by atoms with Crippen LogP contribution >= 0.6 is 0 Å². The van der Waals surface area contributed by atoms with Gasteiger partial charge in [0.2, 0.25) is 5.78 Å². The Balaban J connectivity index is 1.56. The highest BCUT2D eigenvalue weighted by atomic mass is 16.3. The van der Waals surface area contributed by atoms with Crippen molar-refractivity contribution in [3.63, 3.8) is 0 Å². The van der Waals surface area contributed by atoms with Crippen LogP contribution in [-0.2, 0) is 0 Å². The summed E-state index contributed by atoms with van der Waals surface area (Å²) in [5.74, 6) is -0.502. The summed E-state index contributed by atoms with van der Waals surface area (Å²) in [6.07, 6.45) is 3.57. The second-order valence-corrected chi connectivity index (χ2v) is 7.43. The van der Waals surface area contributed by atoms with Crippen molar-refractivity contribution in [1.82, 2.24) is 0 Å². The second kappa shape index (κ2) is 6.56. The third kappa shape index (κ3) is 2.78. The first-order valence-corrected chi connectivity index (χ1v) is 9.24. The number of ketones is 2. The summed E-state index contributed by atoms with van der Waals surface area (Å²) in [5.41, 5.74) is 3.65. The predicted octanol–water partition coefficient (Wildman–Crippen LogP) is 5.16. The Bertz CT molecular complexity index is 897.